The second-order valence-corrected chi connectivity index (χ2v) is 5.59. The molecule has 1 nitrogen and oxygen atoms in total. The number of aryl methyl sites for hydroxylation is 3. The van der Waals surface area contributed by atoms with Crippen molar-refractivity contribution in [1.29, 1.82) is 0 Å². The molecule has 0 aliphatic heterocycles. The number of benzene rings is 2. The van der Waals surface area contributed by atoms with Crippen LogP contribution in [0.4, 0.5) is 0 Å². The highest BCUT2D eigenvalue weighted by Crippen LogP contribution is 2.27. The second-order valence-electron chi connectivity index (χ2n) is 5.21. The first-order chi connectivity index (χ1) is 8.99. The zero-order valence-corrected chi connectivity index (χ0v) is 12.5. The highest BCUT2D eigenvalue weighted by atomic mass is 35.5. The van der Waals surface area contributed by atoms with Crippen molar-refractivity contribution >= 4 is 11.6 Å². The molecule has 1 atom stereocenters. The molecule has 0 fully saturated rings. The van der Waals surface area contributed by atoms with Gasteiger partial charge in [-0.05, 0) is 55.0 Å². The molecule has 0 spiro atoms. The summed E-state index contributed by atoms with van der Waals surface area (Å²) in [6, 6.07) is 12.5. The van der Waals surface area contributed by atoms with Gasteiger partial charge >= 0.3 is 0 Å². The standard InChI is InChI=1S/C17H20ClN/c1-11-7-8-14(9-13(11)3)10-16(19)15-6-4-5-12(2)17(15)18/h4-9,16H,10,19H2,1-3H3. The second kappa shape index (κ2) is 5.77. The molecule has 0 bridgehead atoms. The summed E-state index contributed by atoms with van der Waals surface area (Å²) in [7, 11) is 0. The van der Waals surface area contributed by atoms with Crippen LogP contribution in [0.3, 0.4) is 0 Å². The molecule has 0 saturated heterocycles. The van der Waals surface area contributed by atoms with Crippen LogP contribution in [0.15, 0.2) is 36.4 Å². The normalized spacial score (nSPS) is 12.5. The third-order valence-corrected chi connectivity index (χ3v) is 4.16. The van der Waals surface area contributed by atoms with Gasteiger partial charge in [0.05, 0.1) is 0 Å². The van der Waals surface area contributed by atoms with Crippen LogP contribution in [-0.4, -0.2) is 0 Å². The summed E-state index contributed by atoms with van der Waals surface area (Å²) < 4.78 is 0. The molecule has 2 heteroatoms. The summed E-state index contributed by atoms with van der Waals surface area (Å²) in [6.45, 7) is 6.26. The van der Waals surface area contributed by atoms with Crippen LogP contribution in [0.2, 0.25) is 5.02 Å². The molecule has 2 N–H and O–H groups in total. The van der Waals surface area contributed by atoms with Gasteiger partial charge in [-0.3, -0.25) is 0 Å². The maximum absolute atomic E-state index is 6.33. The van der Waals surface area contributed by atoms with Crippen LogP contribution in [0.1, 0.15) is 33.9 Å². The van der Waals surface area contributed by atoms with Gasteiger partial charge in [0.1, 0.15) is 0 Å². The van der Waals surface area contributed by atoms with E-state index in [9.17, 15) is 0 Å². The number of hydrogen-bond donors (Lipinski definition) is 1. The van der Waals surface area contributed by atoms with Gasteiger partial charge in [-0.2, -0.15) is 0 Å². The highest BCUT2D eigenvalue weighted by molar-refractivity contribution is 6.32. The summed E-state index contributed by atoms with van der Waals surface area (Å²) in [6.07, 6.45) is 0.810. The van der Waals surface area contributed by atoms with Crippen molar-refractivity contribution in [1.82, 2.24) is 0 Å². The lowest BCUT2D eigenvalue weighted by Gasteiger charge is -2.16. The fraction of sp³-hybridized carbons (Fsp3) is 0.294. The molecule has 100 valence electrons. The molecule has 1 unspecified atom stereocenters. The van der Waals surface area contributed by atoms with E-state index in [0.29, 0.717) is 0 Å². The molecule has 0 aliphatic rings. The van der Waals surface area contributed by atoms with E-state index in [-0.39, 0.29) is 6.04 Å². The summed E-state index contributed by atoms with van der Waals surface area (Å²) in [5.41, 5.74) is 12.3. The van der Waals surface area contributed by atoms with Crippen LogP contribution in [-0.2, 0) is 6.42 Å². The molecule has 0 amide bonds. The fourth-order valence-electron chi connectivity index (χ4n) is 2.25. The summed E-state index contributed by atoms with van der Waals surface area (Å²) in [5.74, 6) is 0. The Balaban J connectivity index is 2.23. The summed E-state index contributed by atoms with van der Waals surface area (Å²) in [4.78, 5) is 0. The van der Waals surface area contributed by atoms with Gasteiger partial charge in [-0.15, -0.1) is 0 Å². The first kappa shape index (κ1) is 14.1. The molecule has 19 heavy (non-hydrogen) atoms. The minimum absolute atomic E-state index is 0.0606. The largest absolute Gasteiger partial charge is 0.324 e. The van der Waals surface area contributed by atoms with Gasteiger partial charge in [-0.1, -0.05) is 48.0 Å². The lowest BCUT2D eigenvalue weighted by Crippen LogP contribution is -2.14. The van der Waals surface area contributed by atoms with Crippen molar-refractivity contribution < 1.29 is 0 Å². The molecule has 0 saturated carbocycles. The van der Waals surface area contributed by atoms with Crippen LogP contribution >= 0.6 is 11.6 Å². The van der Waals surface area contributed by atoms with E-state index >= 15 is 0 Å². The molecule has 0 heterocycles. The van der Waals surface area contributed by atoms with E-state index in [0.717, 1.165) is 22.6 Å². The van der Waals surface area contributed by atoms with Crippen molar-refractivity contribution in [3.63, 3.8) is 0 Å². The predicted octanol–water partition coefficient (Wildman–Crippen LogP) is 4.51. The topological polar surface area (TPSA) is 26.0 Å². The molecule has 2 aromatic carbocycles. The van der Waals surface area contributed by atoms with Crippen molar-refractivity contribution in [2.45, 2.75) is 33.2 Å². The van der Waals surface area contributed by atoms with Crippen LogP contribution in [0, 0.1) is 20.8 Å². The smallest absolute Gasteiger partial charge is 0.0483 e. The number of nitrogens with two attached hydrogens (primary N) is 1. The van der Waals surface area contributed by atoms with E-state index in [1.165, 1.54) is 16.7 Å². The molecule has 0 aliphatic carbocycles. The van der Waals surface area contributed by atoms with E-state index in [1.807, 2.05) is 25.1 Å². The lowest BCUT2D eigenvalue weighted by atomic mass is 9.96. The summed E-state index contributed by atoms with van der Waals surface area (Å²) >= 11 is 6.33. The fourth-order valence-corrected chi connectivity index (χ4v) is 2.52. The molecular formula is C17H20ClN. The zero-order valence-electron chi connectivity index (χ0n) is 11.7. The molecule has 0 radical (unpaired) electrons. The molecule has 2 rings (SSSR count). The Labute approximate surface area is 120 Å². The number of hydrogen-bond acceptors (Lipinski definition) is 1. The van der Waals surface area contributed by atoms with Crippen LogP contribution < -0.4 is 5.73 Å². The minimum Gasteiger partial charge on any atom is -0.324 e. The molecular weight excluding hydrogens is 254 g/mol. The Morgan fingerprint density at radius 3 is 2.42 bits per heavy atom. The van der Waals surface area contributed by atoms with Crippen molar-refractivity contribution in [3.05, 3.63) is 69.2 Å². The quantitative estimate of drug-likeness (QED) is 0.875. The van der Waals surface area contributed by atoms with E-state index < -0.39 is 0 Å². The van der Waals surface area contributed by atoms with Gasteiger partial charge in [-0.25, -0.2) is 0 Å². The number of halogens is 1. The van der Waals surface area contributed by atoms with Gasteiger partial charge in [0.2, 0.25) is 0 Å². The average molecular weight is 274 g/mol. The monoisotopic (exact) mass is 273 g/mol. The Bertz CT molecular complexity index is 590. The Hall–Kier alpha value is -1.31. The lowest BCUT2D eigenvalue weighted by molar-refractivity contribution is 0.721. The van der Waals surface area contributed by atoms with E-state index in [4.69, 9.17) is 17.3 Å². The SMILES string of the molecule is Cc1ccc(CC(N)c2cccc(C)c2Cl)cc1C. The molecule has 2 aromatic rings. The zero-order chi connectivity index (χ0) is 14.0. The number of rotatable bonds is 3. The third-order valence-electron chi connectivity index (χ3n) is 3.65. The van der Waals surface area contributed by atoms with E-state index in [1.54, 1.807) is 0 Å². The van der Waals surface area contributed by atoms with Gasteiger partial charge in [0.25, 0.3) is 0 Å². The maximum Gasteiger partial charge on any atom is 0.0483 e. The van der Waals surface area contributed by atoms with Crippen molar-refractivity contribution in [3.8, 4) is 0 Å². The van der Waals surface area contributed by atoms with E-state index in [2.05, 4.69) is 32.0 Å². The van der Waals surface area contributed by atoms with Gasteiger partial charge in [0, 0.05) is 11.1 Å². The predicted molar refractivity (Wildman–Crippen MR) is 82.7 cm³/mol. The first-order valence-electron chi connectivity index (χ1n) is 6.55. The van der Waals surface area contributed by atoms with Gasteiger partial charge in [0.15, 0.2) is 0 Å². The maximum atomic E-state index is 6.33. The Morgan fingerprint density at radius 1 is 1.00 bits per heavy atom. The Morgan fingerprint density at radius 2 is 1.74 bits per heavy atom. The summed E-state index contributed by atoms with van der Waals surface area (Å²) in [5, 5.41) is 0.791. The van der Waals surface area contributed by atoms with Crippen molar-refractivity contribution in [2.75, 3.05) is 0 Å². The van der Waals surface area contributed by atoms with Crippen LogP contribution in [0.5, 0.6) is 0 Å². The van der Waals surface area contributed by atoms with Gasteiger partial charge < -0.3 is 5.73 Å². The average Bonchev–Trinajstić information content (AvgIpc) is 2.37. The van der Waals surface area contributed by atoms with Crippen LogP contribution in [0.25, 0.3) is 0 Å². The minimum atomic E-state index is -0.0606. The highest BCUT2D eigenvalue weighted by Gasteiger charge is 2.12. The Kier molecular flexibility index (Phi) is 4.28. The molecule has 0 aromatic heterocycles. The first-order valence-corrected chi connectivity index (χ1v) is 6.93. The third kappa shape index (κ3) is 3.17. The van der Waals surface area contributed by atoms with Crippen molar-refractivity contribution in [2.24, 2.45) is 5.73 Å².